The average molecular weight is 339 g/mol. The lowest BCUT2D eigenvalue weighted by molar-refractivity contribution is 0.0600. The second-order valence-electron chi connectivity index (χ2n) is 3.73. The zero-order chi connectivity index (χ0) is 13.8. The first-order chi connectivity index (χ1) is 9.10. The molecule has 2 aromatic carbocycles. The van der Waals surface area contributed by atoms with Crippen molar-refractivity contribution in [2.24, 2.45) is 0 Å². The number of carbonyl (C=O) groups excluding carboxylic acids is 1. The molecule has 0 atom stereocenters. The Morgan fingerprint density at radius 1 is 1.21 bits per heavy atom. The van der Waals surface area contributed by atoms with Crippen molar-refractivity contribution >= 4 is 33.7 Å². The van der Waals surface area contributed by atoms with E-state index >= 15 is 0 Å². The summed E-state index contributed by atoms with van der Waals surface area (Å²) in [6, 6.07) is 12.3. The number of ether oxygens (including phenoxy) is 1. The third-order valence-electron chi connectivity index (χ3n) is 2.42. The first-order valence-corrected chi connectivity index (χ1v) is 7.06. The van der Waals surface area contributed by atoms with Gasteiger partial charge in [0.25, 0.3) is 0 Å². The minimum atomic E-state index is -0.345. The SMILES string of the molecule is COC(=O)c1ccc(Sc2ccc(O)cc2Br)cc1. The fourth-order valence-electron chi connectivity index (χ4n) is 1.48. The molecule has 0 unspecified atom stereocenters. The van der Waals surface area contributed by atoms with Crippen LogP contribution in [0, 0.1) is 0 Å². The Morgan fingerprint density at radius 3 is 2.47 bits per heavy atom. The highest BCUT2D eigenvalue weighted by Gasteiger charge is 2.07. The maximum absolute atomic E-state index is 11.3. The molecule has 0 aromatic heterocycles. The van der Waals surface area contributed by atoms with Crippen LogP contribution in [0.2, 0.25) is 0 Å². The van der Waals surface area contributed by atoms with E-state index in [-0.39, 0.29) is 11.7 Å². The molecule has 0 heterocycles. The van der Waals surface area contributed by atoms with E-state index in [1.54, 1.807) is 36.0 Å². The summed E-state index contributed by atoms with van der Waals surface area (Å²) >= 11 is 4.94. The number of aromatic hydroxyl groups is 1. The minimum Gasteiger partial charge on any atom is -0.508 e. The zero-order valence-electron chi connectivity index (χ0n) is 10.1. The lowest BCUT2D eigenvalue weighted by atomic mass is 10.2. The van der Waals surface area contributed by atoms with Crippen molar-refractivity contribution in [3.05, 3.63) is 52.5 Å². The molecule has 3 nitrogen and oxygen atoms in total. The number of hydrogen-bond donors (Lipinski definition) is 1. The molecule has 0 saturated heterocycles. The highest BCUT2D eigenvalue weighted by atomic mass is 79.9. The molecule has 98 valence electrons. The van der Waals surface area contributed by atoms with Crippen LogP contribution in [0.25, 0.3) is 0 Å². The molecule has 2 rings (SSSR count). The van der Waals surface area contributed by atoms with Crippen molar-refractivity contribution in [2.45, 2.75) is 9.79 Å². The van der Waals surface area contributed by atoms with Gasteiger partial charge < -0.3 is 9.84 Å². The Bertz CT molecular complexity index is 596. The van der Waals surface area contributed by atoms with E-state index in [9.17, 15) is 9.90 Å². The highest BCUT2D eigenvalue weighted by Crippen LogP contribution is 2.35. The van der Waals surface area contributed by atoms with Gasteiger partial charge in [-0.15, -0.1) is 0 Å². The molecule has 2 aromatic rings. The molecule has 0 amide bonds. The average Bonchev–Trinajstić information content (AvgIpc) is 2.42. The van der Waals surface area contributed by atoms with Crippen LogP contribution in [0.3, 0.4) is 0 Å². The van der Waals surface area contributed by atoms with Crippen molar-refractivity contribution in [1.82, 2.24) is 0 Å². The summed E-state index contributed by atoms with van der Waals surface area (Å²) in [7, 11) is 1.36. The molecule has 19 heavy (non-hydrogen) atoms. The Hall–Kier alpha value is -1.46. The summed E-state index contributed by atoms with van der Waals surface area (Å²) in [6.45, 7) is 0. The molecular weight excluding hydrogens is 328 g/mol. The van der Waals surface area contributed by atoms with Crippen LogP contribution in [0.5, 0.6) is 5.75 Å². The van der Waals surface area contributed by atoms with Crippen LogP contribution in [-0.4, -0.2) is 18.2 Å². The van der Waals surface area contributed by atoms with Gasteiger partial charge in [-0.25, -0.2) is 4.79 Å². The number of halogens is 1. The van der Waals surface area contributed by atoms with Crippen molar-refractivity contribution in [3.8, 4) is 5.75 Å². The molecule has 0 radical (unpaired) electrons. The first-order valence-electron chi connectivity index (χ1n) is 5.45. The number of rotatable bonds is 3. The third-order valence-corrected chi connectivity index (χ3v) is 4.42. The molecule has 0 fully saturated rings. The molecule has 0 saturated carbocycles. The van der Waals surface area contributed by atoms with E-state index in [1.807, 2.05) is 18.2 Å². The van der Waals surface area contributed by atoms with E-state index in [0.29, 0.717) is 5.56 Å². The van der Waals surface area contributed by atoms with Gasteiger partial charge in [-0.3, -0.25) is 0 Å². The maximum Gasteiger partial charge on any atom is 0.337 e. The standard InChI is InChI=1S/C14H11BrO3S/c1-18-14(17)9-2-5-11(6-3-9)19-13-7-4-10(16)8-12(13)15/h2-8,16H,1H3. The smallest absolute Gasteiger partial charge is 0.337 e. The van der Waals surface area contributed by atoms with Crippen molar-refractivity contribution < 1.29 is 14.6 Å². The van der Waals surface area contributed by atoms with Gasteiger partial charge in [0.15, 0.2) is 0 Å². The van der Waals surface area contributed by atoms with E-state index in [2.05, 4.69) is 20.7 Å². The molecule has 0 spiro atoms. The van der Waals surface area contributed by atoms with Crippen LogP contribution in [0.4, 0.5) is 0 Å². The molecule has 0 aliphatic carbocycles. The minimum absolute atomic E-state index is 0.220. The van der Waals surface area contributed by atoms with Gasteiger partial charge in [0.2, 0.25) is 0 Å². The Kier molecular flexibility index (Phi) is 4.50. The topological polar surface area (TPSA) is 46.5 Å². The summed E-state index contributed by atoms with van der Waals surface area (Å²) in [5, 5.41) is 9.34. The number of phenols is 1. The summed E-state index contributed by atoms with van der Waals surface area (Å²) in [6.07, 6.45) is 0. The lowest BCUT2D eigenvalue weighted by Crippen LogP contribution is -2.00. The van der Waals surface area contributed by atoms with Gasteiger partial charge in [-0.05, 0) is 58.4 Å². The van der Waals surface area contributed by atoms with E-state index in [0.717, 1.165) is 14.3 Å². The normalized spacial score (nSPS) is 10.2. The van der Waals surface area contributed by atoms with Gasteiger partial charge in [-0.1, -0.05) is 11.8 Å². The Balaban J connectivity index is 2.17. The quantitative estimate of drug-likeness (QED) is 0.856. The second kappa shape index (κ2) is 6.12. The predicted octanol–water partition coefficient (Wildman–Crippen LogP) is 4.09. The third kappa shape index (κ3) is 3.52. The van der Waals surface area contributed by atoms with E-state index in [4.69, 9.17) is 0 Å². The van der Waals surface area contributed by atoms with Crippen LogP contribution < -0.4 is 0 Å². The van der Waals surface area contributed by atoms with Crippen LogP contribution in [0.1, 0.15) is 10.4 Å². The van der Waals surface area contributed by atoms with E-state index < -0.39 is 0 Å². The van der Waals surface area contributed by atoms with Crippen molar-refractivity contribution in [2.75, 3.05) is 7.11 Å². The Morgan fingerprint density at radius 2 is 1.89 bits per heavy atom. The number of methoxy groups -OCH3 is 1. The van der Waals surface area contributed by atoms with Gasteiger partial charge >= 0.3 is 5.97 Å². The first kappa shape index (κ1) is 14.0. The van der Waals surface area contributed by atoms with Gasteiger partial charge in [0.1, 0.15) is 5.75 Å². The van der Waals surface area contributed by atoms with Crippen molar-refractivity contribution in [3.63, 3.8) is 0 Å². The van der Waals surface area contributed by atoms with Crippen LogP contribution in [-0.2, 0) is 4.74 Å². The monoisotopic (exact) mass is 338 g/mol. The fourth-order valence-corrected chi connectivity index (χ4v) is 2.90. The zero-order valence-corrected chi connectivity index (χ0v) is 12.5. The lowest BCUT2D eigenvalue weighted by Gasteiger charge is -2.05. The van der Waals surface area contributed by atoms with Gasteiger partial charge in [0, 0.05) is 14.3 Å². The largest absolute Gasteiger partial charge is 0.508 e. The predicted molar refractivity (Wildman–Crippen MR) is 77.7 cm³/mol. The van der Waals surface area contributed by atoms with Crippen LogP contribution >= 0.6 is 27.7 Å². The van der Waals surface area contributed by atoms with Gasteiger partial charge in [0.05, 0.1) is 12.7 Å². The molecule has 0 aliphatic heterocycles. The van der Waals surface area contributed by atoms with Crippen molar-refractivity contribution in [1.29, 1.82) is 0 Å². The summed E-state index contributed by atoms with van der Waals surface area (Å²) in [5.74, 6) is -0.125. The second-order valence-corrected chi connectivity index (χ2v) is 5.70. The summed E-state index contributed by atoms with van der Waals surface area (Å²) < 4.78 is 5.47. The molecule has 0 aliphatic rings. The van der Waals surface area contributed by atoms with E-state index in [1.165, 1.54) is 7.11 Å². The molecular formula is C14H11BrO3S. The number of esters is 1. The number of carbonyl (C=O) groups is 1. The summed E-state index contributed by atoms with van der Waals surface area (Å²) in [4.78, 5) is 13.3. The molecule has 1 N–H and O–H groups in total. The van der Waals surface area contributed by atoms with Gasteiger partial charge in [-0.2, -0.15) is 0 Å². The molecule has 5 heteroatoms. The fraction of sp³-hybridized carbons (Fsp3) is 0.0714. The highest BCUT2D eigenvalue weighted by molar-refractivity contribution is 9.10. The number of benzene rings is 2. The Labute approximate surface area is 123 Å². The molecule has 0 bridgehead atoms. The van der Waals surface area contributed by atoms with Crippen LogP contribution in [0.15, 0.2) is 56.7 Å². The summed E-state index contributed by atoms with van der Waals surface area (Å²) in [5.41, 5.74) is 0.525. The number of hydrogen-bond acceptors (Lipinski definition) is 4. The number of phenolic OH excluding ortho intramolecular Hbond substituents is 1. The maximum atomic E-state index is 11.3.